The van der Waals surface area contributed by atoms with E-state index in [1.54, 1.807) is 6.07 Å². The summed E-state index contributed by atoms with van der Waals surface area (Å²) in [6.07, 6.45) is -1.18. The van der Waals surface area contributed by atoms with Gasteiger partial charge in [0.2, 0.25) is 0 Å². The molecule has 1 aromatic heterocycles. The summed E-state index contributed by atoms with van der Waals surface area (Å²) in [5.74, 6) is 0. The summed E-state index contributed by atoms with van der Waals surface area (Å²) in [5.41, 5.74) is 3.73. The summed E-state index contributed by atoms with van der Waals surface area (Å²) in [6, 6.07) is 25.4. The van der Waals surface area contributed by atoms with E-state index in [-0.39, 0.29) is 24.8 Å². The van der Waals surface area contributed by atoms with E-state index in [0.717, 1.165) is 27.8 Å². The van der Waals surface area contributed by atoms with Crippen molar-refractivity contribution in [3.8, 4) is 0 Å². The third kappa shape index (κ3) is 4.58. The number of rotatable bonds is 7. The Kier molecular flexibility index (Phi) is 6.26. The highest BCUT2D eigenvalue weighted by atomic mass is 16.5. The zero-order valence-electron chi connectivity index (χ0n) is 17.7. The monoisotopic (exact) mass is 414 g/mol. The van der Waals surface area contributed by atoms with Crippen LogP contribution in [0.2, 0.25) is 0 Å². The quantitative estimate of drug-likeness (QED) is 0.493. The number of ether oxygens (including phenoxy) is 1. The lowest BCUT2D eigenvalue weighted by Crippen LogP contribution is -2.32. The molecule has 0 aliphatic rings. The van der Waals surface area contributed by atoms with Gasteiger partial charge in [-0.25, -0.2) is 4.68 Å². The fourth-order valence-corrected chi connectivity index (χ4v) is 3.86. The minimum atomic E-state index is -0.874. The average Bonchev–Trinajstić information content (AvgIpc) is 2.79. The van der Waals surface area contributed by atoms with Crippen molar-refractivity contribution >= 4 is 10.8 Å². The molecule has 0 fully saturated rings. The first-order valence-electron chi connectivity index (χ1n) is 10.4. The summed E-state index contributed by atoms with van der Waals surface area (Å²) < 4.78 is 7.52. The van der Waals surface area contributed by atoms with E-state index >= 15 is 0 Å². The Balaban J connectivity index is 1.55. The largest absolute Gasteiger partial charge is 0.389 e. The van der Waals surface area contributed by atoms with Crippen molar-refractivity contribution in [2.45, 2.75) is 32.6 Å². The lowest BCUT2D eigenvalue weighted by atomic mass is 9.97. The molecular formula is C26H26N2O3. The molecule has 2 atom stereocenters. The average molecular weight is 415 g/mol. The molecule has 0 spiro atoms. The van der Waals surface area contributed by atoms with Gasteiger partial charge in [0.15, 0.2) is 0 Å². The lowest BCUT2D eigenvalue weighted by Gasteiger charge is -2.22. The molecule has 158 valence electrons. The van der Waals surface area contributed by atoms with Crippen molar-refractivity contribution in [1.29, 1.82) is 0 Å². The van der Waals surface area contributed by atoms with E-state index in [4.69, 9.17) is 4.74 Å². The number of aliphatic hydroxyl groups is 1. The van der Waals surface area contributed by atoms with Gasteiger partial charge in [0.25, 0.3) is 5.56 Å². The number of fused-ring (bicyclic) bond motifs is 1. The first kappa shape index (κ1) is 21.0. The second kappa shape index (κ2) is 9.25. The minimum absolute atomic E-state index is 0.0692. The molecule has 4 rings (SSSR count). The maximum Gasteiger partial charge on any atom is 0.274 e. The summed E-state index contributed by atoms with van der Waals surface area (Å²) in [6.45, 7) is 4.06. The van der Waals surface area contributed by atoms with Crippen LogP contribution in [-0.4, -0.2) is 27.6 Å². The molecule has 0 bridgehead atoms. The molecule has 0 saturated carbocycles. The third-order valence-corrected chi connectivity index (χ3v) is 5.46. The molecule has 0 aliphatic carbocycles. The number of aliphatic hydroxyl groups excluding tert-OH is 1. The Hall–Kier alpha value is -3.28. The Morgan fingerprint density at radius 3 is 2.29 bits per heavy atom. The van der Waals surface area contributed by atoms with Crippen LogP contribution in [0.4, 0.5) is 0 Å². The second-order valence-electron chi connectivity index (χ2n) is 7.75. The van der Waals surface area contributed by atoms with Crippen molar-refractivity contribution < 1.29 is 9.84 Å². The van der Waals surface area contributed by atoms with Gasteiger partial charge in [-0.15, -0.1) is 0 Å². The fourth-order valence-electron chi connectivity index (χ4n) is 3.86. The first-order chi connectivity index (χ1) is 15.0. The zero-order chi connectivity index (χ0) is 21.8. The maximum absolute atomic E-state index is 12.8. The van der Waals surface area contributed by atoms with Crippen LogP contribution in [0.5, 0.6) is 0 Å². The van der Waals surface area contributed by atoms with Gasteiger partial charge in [0.05, 0.1) is 30.3 Å². The number of nitrogens with zero attached hydrogens (tertiary/aromatic N) is 2. The molecule has 1 N–H and O–H groups in total. The minimum Gasteiger partial charge on any atom is -0.389 e. The molecule has 5 heteroatoms. The predicted octanol–water partition coefficient (Wildman–Crippen LogP) is 4.18. The van der Waals surface area contributed by atoms with Gasteiger partial charge in [0.1, 0.15) is 6.10 Å². The van der Waals surface area contributed by atoms with Crippen LogP contribution in [0.3, 0.4) is 0 Å². The second-order valence-corrected chi connectivity index (χ2v) is 7.75. The smallest absolute Gasteiger partial charge is 0.274 e. The Morgan fingerprint density at radius 2 is 1.55 bits per heavy atom. The van der Waals surface area contributed by atoms with Gasteiger partial charge in [0, 0.05) is 5.39 Å². The van der Waals surface area contributed by atoms with Crippen LogP contribution in [0.15, 0.2) is 83.7 Å². The van der Waals surface area contributed by atoms with E-state index in [2.05, 4.69) is 5.10 Å². The molecule has 31 heavy (non-hydrogen) atoms. The standard InChI is InChI=1S/C26H26N2O3/c1-18-10-6-7-13-22(18)25(20-11-4-3-5-12-20)31-17-21(29)16-28-26(30)24-15-9-8-14-23(24)19(2)27-28/h3-15,21,25,29H,16-17H2,1-2H3. The SMILES string of the molecule is Cc1ccccc1C(OCC(O)Cn1nc(C)c2ccccc2c1=O)c1ccccc1. The van der Waals surface area contributed by atoms with Crippen molar-refractivity contribution in [2.24, 2.45) is 0 Å². The third-order valence-electron chi connectivity index (χ3n) is 5.46. The van der Waals surface area contributed by atoms with Crippen LogP contribution >= 0.6 is 0 Å². The van der Waals surface area contributed by atoms with Crippen molar-refractivity contribution in [3.05, 3.63) is 112 Å². The number of hydrogen-bond acceptors (Lipinski definition) is 4. The molecule has 2 unspecified atom stereocenters. The van der Waals surface area contributed by atoms with E-state index < -0.39 is 6.10 Å². The van der Waals surface area contributed by atoms with E-state index in [1.807, 2.05) is 86.6 Å². The molecule has 3 aromatic carbocycles. The molecular weight excluding hydrogens is 388 g/mol. The molecule has 1 heterocycles. The van der Waals surface area contributed by atoms with Gasteiger partial charge in [-0.2, -0.15) is 5.10 Å². The maximum atomic E-state index is 12.8. The lowest BCUT2D eigenvalue weighted by molar-refractivity contribution is -0.00262. The number of benzene rings is 3. The highest BCUT2D eigenvalue weighted by Gasteiger charge is 2.19. The van der Waals surface area contributed by atoms with Crippen molar-refractivity contribution in [2.75, 3.05) is 6.61 Å². The molecule has 0 saturated heterocycles. The fraction of sp³-hybridized carbons (Fsp3) is 0.231. The van der Waals surface area contributed by atoms with E-state index in [1.165, 1.54) is 4.68 Å². The zero-order valence-corrected chi connectivity index (χ0v) is 17.7. The molecule has 4 aromatic rings. The normalized spacial score (nSPS) is 13.3. The summed E-state index contributed by atoms with van der Waals surface area (Å²) in [4.78, 5) is 12.8. The van der Waals surface area contributed by atoms with Gasteiger partial charge in [-0.3, -0.25) is 4.79 Å². The Labute approximate surface area is 181 Å². The van der Waals surface area contributed by atoms with E-state index in [0.29, 0.717) is 5.39 Å². The van der Waals surface area contributed by atoms with E-state index in [9.17, 15) is 9.90 Å². The predicted molar refractivity (Wildman–Crippen MR) is 122 cm³/mol. The van der Waals surface area contributed by atoms with Gasteiger partial charge in [-0.05, 0) is 36.6 Å². The number of hydrogen-bond donors (Lipinski definition) is 1. The van der Waals surface area contributed by atoms with Crippen LogP contribution < -0.4 is 5.56 Å². The highest BCUT2D eigenvalue weighted by Crippen LogP contribution is 2.28. The molecule has 0 amide bonds. The van der Waals surface area contributed by atoms with Crippen molar-refractivity contribution in [1.82, 2.24) is 9.78 Å². The van der Waals surface area contributed by atoms with Crippen LogP contribution in [0.25, 0.3) is 10.8 Å². The topological polar surface area (TPSA) is 64.3 Å². The van der Waals surface area contributed by atoms with Gasteiger partial charge < -0.3 is 9.84 Å². The van der Waals surface area contributed by atoms with Gasteiger partial charge >= 0.3 is 0 Å². The molecule has 5 nitrogen and oxygen atoms in total. The summed E-state index contributed by atoms with van der Waals surface area (Å²) >= 11 is 0. The van der Waals surface area contributed by atoms with Crippen molar-refractivity contribution in [3.63, 3.8) is 0 Å². The summed E-state index contributed by atoms with van der Waals surface area (Å²) in [5, 5.41) is 16.5. The summed E-state index contributed by atoms with van der Waals surface area (Å²) in [7, 11) is 0. The van der Waals surface area contributed by atoms with Gasteiger partial charge in [-0.1, -0.05) is 72.8 Å². The molecule has 0 radical (unpaired) electrons. The van der Waals surface area contributed by atoms with Crippen LogP contribution in [-0.2, 0) is 11.3 Å². The van der Waals surface area contributed by atoms with Crippen LogP contribution in [0.1, 0.15) is 28.5 Å². The van der Waals surface area contributed by atoms with Crippen LogP contribution in [0, 0.1) is 13.8 Å². The first-order valence-corrected chi connectivity index (χ1v) is 10.4. The number of aromatic nitrogens is 2. The number of aryl methyl sites for hydroxylation is 2. The Morgan fingerprint density at radius 1 is 0.903 bits per heavy atom. The Bertz CT molecular complexity index is 1230. The molecule has 0 aliphatic heterocycles. The highest BCUT2D eigenvalue weighted by molar-refractivity contribution is 5.83.